The van der Waals surface area contributed by atoms with Crippen LogP contribution in [0.25, 0.3) is 10.9 Å². The molecular weight excluding hydrogens is 150 g/mol. The van der Waals surface area contributed by atoms with Gasteiger partial charge in [-0.25, -0.2) is 0 Å². The van der Waals surface area contributed by atoms with Crippen LogP contribution in [0.5, 0.6) is 0 Å². The second-order valence-corrected chi connectivity index (χ2v) is 2.84. The van der Waals surface area contributed by atoms with Gasteiger partial charge in [-0.05, 0) is 24.1 Å². The molecule has 0 spiro atoms. The summed E-state index contributed by atoms with van der Waals surface area (Å²) in [5.41, 5.74) is 7.94. The van der Waals surface area contributed by atoms with E-state index in [1.165, 1.54) is 5.56 Å². The van der Waals surface area contributed by atoms with E-state index >= 15 is 0 Å². The largest absolute Gasteiger partial charge is 0.382 e. The van der Waals surface area contributed by atoms with Crippen molar-refractivity contribution in [1.29, 1.82) is 0 Å². The summed E-state index contributed by atoms with van der Waals surface area (Å²) in [6.07, 6.45) is 1.04. The average Bonchev–Trinajstić information content (AvgIpc) is 2.47. The van der Waals surface area contributed by atoms with Crippen LogP contribution in [-0.2, 0) is 6.42 Å². The number of aryl methyl sites for hydroxylation is 1. The minimum absolute atomic E-state index is 0.577. The molecule has 0 radical (unpaired) electrons. The monoisotopic (exact) mass is 161 g/mol. The molecule has 0 bridgehead atoms. The van der Waals surface area contributed by atoms with Gasteiger partial charge in [0, 0.05) is 5.39 Å². The Bertz CT molecular complexity index is 403. The highest BCUT2D eigenvalue weighted by atomic mass is 15.1. The van der Waals surface area contributed by atoms with Crippen LogP contribution in [0.2, 0.25) is 0 Å². The standard InChI is InChI=1S/C9H11N3/c1-2-6-3-4-7-8(5-6)11-12-9(7)10/h3-5H,2H2,1H3,(H3,10,11,12). The number of hydrogen-bond acceptors (Lipinski definition) is 2. The van der Waals surface area contributed by atoms with E-state index in [2.05, 4.69) is 29.3 Å². The van der Waals surface area contributed by atoms with Crippen molar-refractivity contribution < 1.29 is 0 Å². The van der Waals surface area contributed by atoms with Crippen LogP contribution in [0.3, 0.4) is 0 Å². The van der Waals surface area contributed by atoms with Crippen molar-refractivity contribution in [3.05, 3.63) is 23.8 Å². The van der Waals surface area contributed by atoms with Gasteiger partial charge < -0.3 is 5.73 Å². The molecule has 2 rings (SSSR count). The number of aromatic amines is 1. The maximum Gasteiger partial charge on any atom is 0.153 e. The number of fused-ring (bicyclic) bond motifs is 1. The lowest BCUT2D eigenvalue weighted by Gasteiger charge is -1.94. The fourth-order valence-corrected chi connectivity index (χ4v) is 1.31. The van der Waals surface area contributed by atoms with Gasteiger partial charge in [-0.3, -0.25) is 5.10 Å². The average molecular weight is 161 g/mol. The van der Waals surface area contributed by atoms with Gasteiger partial charge >= 0.3 is 0 Å². The Morgan fingerprint density at radius 3 is 3.08 bits per heavy atom. The van der Waals surface area contributed by atoms with Gasteiger partial charge in [-0.2, -0.15) is 5.10 Å². The van der Waals surface area contributed by atoms with Crippen molar-refractivity contribution in [3.8, 4) is 0 Å². The molecular formula is C9H11N3. The summed E-state index contributed by atoms with van der Waals surface area (Å²) in [5.74, 6) is 0.577. The molecule has 0 unspecified atom stereocenters. The molecule has 1 heterocycles. The Kier molecular flexibility index (Phi) is 1.50. The Morgan fingerprint density at radius 1 is 1.50 bits per heavy atom. The molecule has 0 aliphatic rings. The fourth-order valence-electron chi connectivity index (χ4n) is 1.31. The molecule has 3 nitrogen and oxygen atoms in total. The van der Waals surface area contributed by atoms with E-state index < -0.39 is 0 Å². The van der Waals surface area contributed by atoms with Crippen LogP contribution >= 0.6 is 0 Å². The topological polar surface area (TPSA) is 54.7 Å². The molecule has 0 atom stereocenters. The van der Waals surface area contributed by atoms with Crippen molar-refractivity contribution in [2.45, 2.75) is 13.3 Å². The molecule has 0 fully saturated rings. The van der Waals surface area contributed by atoms with E-state index in [9.17, 15) is 0 Å². The van der Waals surface area contributed by atoms with Gasteiger partial charge in [0.25, 0.3) is 0 Å². The molecule has 1 aromatic heterocycles. The zero-order valence-electron chi connectivity index (χ0n) is 6.96. The van der Waals surface area contributed by atoms with Crippen LogP contribution in [0.15, 0.2) is 18.2 Å². The summed E-state index contributed by atoms with van der Waals surface area (Å²) in [7, 11) is 0. The molecule has 62 valence electrons. The minimum Gasteiger partial charge on any atom is -0.382 e. The van der Waals surface area contributed by atoms with Crippen molar-refractivity contribution >= 4 is 16.7 Å². The maximum atomic E-state index is 5.63. The summed E-state index contributed by atoms with van der Waals surface area (Å²) in [4.78, 5) is 0. The molecule has 0 amide bonds. The quantitative estimate of drug-likeness (QED) is 0.669. The lowest BCUT2D eigenvalue weighted by Crippen LogP contribution is -1.83. The third-order valence-corrected chi connectivity index (χ3v) is 2.06. The molecule has 12 heavy (non-hydrogen) atoms. The van der Waals surface area contributed by atoms with Crippen molar-refractivity contribution in [1.82, 2.24) is 10.2 Å². The number of anilines is 1. The molecule has 0 saturated carbocycles. The normalized spacial score (nSPS) is 10.8. The van der Waals surface area contributed by atoms with Gasteiger partial charge in [0.05, 0.1) is 5.52 Å². The third-order valence-electron chi connectivity index (χ3n) is 2.06. The molecule has 1 aromatic carbocycles. The van der Waals surface area contributed by atoms with Crippen molar-refractivity contribution in [2.75, 3.05) is 5.73 Å². The first-order valence-electron chi connectivity index (χ1n) is 4.03. The Balaban J connectivity index is 2.69. The van der Waals surface area contributed by atoms with Crippen molar-refractivity contribution in [3.63, 3.8) is 0 Å². The van der Waals surface area contributed by atoms with Gasteiger partial charge in [-0.1, -0.05) is 13.0 Å². The van der Waals surface area contributed by atoms with Crippen LogP contribution in [0.4, 0.5) is 5.82 Å². The number of nitrogens with zero attached hydrogens (tertiary/aromatic N) is 1. The molecule has 0 aliphatic carbocycles. The third kappa shape index (κ3) is 0.942. The van der Waals surface area contributed by atoms with Gasteiger partial charge in [0.15, 0.2) is 5.82 Å². The lowest BCUT2D eigenvalue weighted by atomic mass is 10.1. The lowest BCUT2D eigenvalue weighted by molar-refractivity contribution is 1.11. The van der Waals surface area contributed by atoms with E-state index in [0.29, 0.717) is 5.82 Å². The van der Waals surface area contributed by atoms with Crippen LogP contribution in [-0.4, -0.2) is 10.2 Å². The van der Waals surface area contributed by atoms with Crippen LogP contribution < -0.4 is 5.73 Å². The highest BCUT2D eigenvalue weighted by Crippen LogP contribution is 2.18. The molecule has 3 N–H and O–H groups in total. The molecule has 3 heteroatoms. The SMILES string of the molecule is CCc1ccc2c(N)n[nH]c2c1. The first-order valence-corrected chi connectivity index (χ1v) is 4.03. The maximum absolute atomic E-state index is 5.63. The van der Waals surface area contributed by atoms with Crippen molar-refractivity contribution in [2.24, 2.45) is 0 Å². The Labute approximate surface area is 70.6 Å². The summed E-state index contributed by atoms with van der Waals surface area (Å²) >= 11 is 0. The molecule has 2 aromatic rings. The summed E-state index contributed by atoms with van der Waals surface area (Å²) in [6.45, 7) is 2.13. The number of benzene rings is 1. The number of H-pyrrole nitrogens is 1. The van der Waals surface area contributed by atoms with Gasteiger partial charge in [0.1, 0.15) is 0 Å². The Hall–Kier alpha value is -1.51. The zero-order valence-corrected chi connectivity index (χ0v) is 6.96. The predicted octanol–water partition coefficient (Wildman–Crippen LogP) is 1.71. The number of aromatic nitrogens is 2. The first-order chi connectivity index (χ1) is 5.81. The Morgan fingerprint density at radius 2 is 2.33 bits per heavy atom. The predicted molar refractivity (Wildman–Crippen MR) is 49.9 cm³/mol. The number of nitrogens with two attached hydrogens (primary N) is 1. The summed E-state index contributed by atoms with van der Waals surface area (Å²) < 4.78 is 0. The summed E-state index contributed by atoms with van der Waals surface area (Å²) in [6, 6.07) is 6.17. The highest BCUT2D eigenvalue weighted by molar-refractivity contribution is 5.88. The smallest absolute Gasteiger partial charge is 0.153 e. The highest BCUT2D eigenvalue weighted by Gasteiger charge is 2.00. The fraction of sp³-hybridized carbons (Fsp3) is 0.222. The van der Waals surface area contributed by atoms with Gasteiger partial charge in [-0.15, -0.1) is 0 Å². The first kappa shape index (κ1) is 7.16. The summed E-state index contributed by atoms with van der Waals surface area (Å²) in [5, 5.41) is 7.82. The molecule has 0 saturated heterocycles. The van der Waals surface area contributed by atoms with Crippen LogP contribution in [0, 0.1) is 0 Å². The van der Waals surface area contributed by atoms with E-state index in [-0.39, 0.29) is 0 Å². The number of rotatable bonds is 1. The second kappa shape index (κ2) is 2.52. The number of nitrogen functional groups attached to an aromatic ring is 1. The van der Waals surface area contributed by atoms with E-state index in [1.807, 2.05) is 6.07 Å². The van der Waals surface area contributed by atoms with E-state index in [0.717, 1.165) is 17.3 Å². The minimum atomic E-state index is 0.577. The van der Waals surface area contributed by atoms with Gasteiger partial charge in [0.2, 0.25) is 0 Å². The zero-order chi connectivity index (χ0) is 8.55. The van der Waals surface area contributed by atoms with E-state index in [4.69, 9.17) is 5.73 Å². The second-order valence-electron chi connectivity index (χ2n) is 2.84. The van der Waals surface area contributed by atoms with E-state index in [1.54, 1.807) is 0 Å². The molecule has 0 aliphatic heterocycles. The number of hydrogen-bond donors (Lipinski definition) is 2. The number of nitrogens with one attached hydrogen (secondary N) is 1. The van der Waals surface area contributed by atoms with Crippen LogP contribution in [0.1, 0.15) is 12.5 Å².